The minimum absolute atomic E-state index is 0.00113. The monoisotopic (exact) mass is 299 g/mol. The molecule has 7 nitrogen and oxygen atoms in total. The molecule has 0 bridgehead atoms. The summed E-state index contributed by atoms with van der Waals surface area (Å²) in [6, 6.07) is -0.349. The number of carboxylic acids is 1. The van der Waals surface area contributed by atoms with E-state index in [1.807, 2.05) is 6.92 Å². The van der Waals surface area contributed by atoms with E-state index in [9.17, 15) is 14.4 Å². The molecule has 0 aromatic rings. The highest BCUT2D eigenvalue weighted by Gasteiger charge is 2.33. The van der Waals surface area contributed by atoms with Crippen LogP contribution in [0.3, 0.4) is 0 Å². The zero-order valence-electron chi connectivity index (χ0n) is 12.7. The average molecular weight is 299 g/mol. The summed E-state index contributed by atoms with van der Waals surface area (Å²) < 4.78 is 0. The topological polar surface area (TPSA) is 98.7 Å². The van der Waals surface area contributed by atoms with Gasteiger partial charge in [0.2, 0.25) is 5.91 Å². The summed E-state index contributed by atoms with van der Waals surface area (Å²) in [5.41, 5.74) is 0. The Bertz CT molecular complexity index is 386. The molecule has 21 heavy (non-hydrogen) atoms. The molecule has 2 unspecified atom stereocenters. The Morgan fingerprint density at radius 2 is 1.95 bits per heavy atom. The van der Waals surface area contributed by atoms with Crippen LogP contribution in [0, 0.1) is 11.8 Å². The van der Waals surface area contributed by atoms with Gasteiger partial charge < -0.3 is 20.6 Å². The first kappa shape index (κ1) is 17.3. The zero-order chi connectivity index (χ0) is 15.8. The van der Waals surface area contributed by atoms with Crippen LogP contribution in [0.15, 0.2) is 0 Å². The fourth-order valence-electron chi connectivity index (χ4n) is 2.57. The normalized spacial score (nSPS) is 20.9. The molecular formula is C14H25N3O4. The molecule has 120 valence electrons. The molecule has 1 rings (SSSR count). The maximum absolute atomic E-state index is 11.9. The van der Waals surface area contributed by atoms with Gasteiger partial charge in [-0.2, -0.15) is 0 Å². The predicted molar refractivity (Wildman–Crippen MR) is 77.8 cm³/mol. The molecule has 0 heterocycles. The Hall–Kier alpha value is -1.79. The van der Waals surface area contributed by atoms with Gasteiger partial charge in [0.15, 0.2) is 0 Å². The summed E-state index contributed by atoms with van der Waals surface area (Å²) in [5, 5.41) is 14.5. The van der Waals surface area contributed by atoms with Crippen LogP contribution in [0.5, 0.6) is 0 Å². The van der Waals surface area contributed by atoms with Crippen molar-refractivity contribution in [2.75, 3.05) is 26.7 Å². The van der Waals surface area contributed by atoms with Crippen LogP contribution in [0.4, 0.5) is 4.79 Å². The van der Waals surface area contributed by atoms with Gasteiger partial charge in [0, 0.05) is 20.1 Å². The number of hydrogen-bond acceptors (Lipinski definition) is 3. The third kappa shape index (κ3) is 5.61. The Balaban J connectivity index is 2.32. The first-order chi connectivity index (χ1) is 9.95. The minimum atomic E-state index is -0.793. The molecule has 0 aromatic carbocycles. The molecule has 0 aliphatic heterocycles. The molecule has 1 aliphatic carbocycles. The van der Waals surface area contributed by atoms with Crippen molar-refractivity contribution >= 4 is 17.9 Å². The highest BCUT2D eigenvalue weighted by Crippen LogP contribution is 2.31. The fourth-order valence-corrected chi connectivity index (χ4v) is 2.57. The van der Waals surface area contributed by atoms with Gasteiger partial charge in [-0.25, -0.2) is 4.79 Å². The van der Waals surface area contributed by atoms with E-state index in [-0.39, 0.29) is 30.3 Å². The molecule has 1 aliphatic rings. The number of carbonyl (C=O) groups is 3. The number of aliphatic carboxylic acids is 1. The zero-order valence-corrected chi connectivity index (χ0v) is 12.7. The lowest BCUT2D eigenvalue weighted by atomic mass is 9.96. The van der Waals surface area contributed by atoms with Crippen LogP contribution < -0.4 is 10.6 Å². The summed E-state index contributed by atoms with van der Waals surface area (Å²) in [7, 11) is 1.55. The number of urea groups is 1. The van der Waals surface area contributed by atoms with Crippen LogP contribution in [0.1, 0.15) is 32.6 Å². The van der Waals surface area contributed by atoms with Crippen molar-refractivity contribution in [3.63, 3.8) is 0 Å². The van der Waals surface area contributed by atoms with E-state index in [1.165, 1.54) is 4.90 Å². The predicted octanol–water partition coefficient (Wildman–Crippen LogP) is 0.655. The smallest absolute Gasteiger partial charge is 0.317 e. The first-order valence-corrected chi connectivity index (χ1v) is 7.44. The Morgan fingerprint density at radius 1 is 1.24 bits per heavy atom. The van der Waals surface area contributed by atoms with Gasteiger partial charge >= 0.3 is 12.0 Å². The molecule has 0 radical (unpaired) electrons. The van der Waals surface area contributed by atoms with Gasteiger partial charge in [0.1, 0.15) is 6.54 Å². The van der Waals surface area contributed by atoms with Crippen LogP contribution >= 0.6 is 0 Å². The quantitative estimate of drug-likeness (QED) is 0.643. The van der Waals surface area contributed by atoms with E-state index in [2.05, 4.69) is 10.6 Å². The molecule has 1 fully saturated rings. The summed E-state index contributed by atoms with van der Waals surface area (Å²) >= 11 is 0. The van der Waals surface area contributed by atoms with Crippen molar-refractivity contribution in [2.45, 2.75) is 32.6 Å². The third-order valence-electron chi connectivity index (χ3n) is 3.79. The van der Waals surface area contributed by atoms with Gasteiger partial charge in [-0.05, 0) is 25.2 Å². The number of hydrogen-bond donors (Lipinski definition) is 3. The van der Waals surface area contributed by atoms with E-state index in [0.717, 1.165) is 19.3 Å². The molecule has 0 saturated heterocycles. The highest BCUT2D eigenvalue weighted by atomic mass is 16.4. The molecular weight excluding hydrogens is 274 g/mol. The van der Waals surface area contributed by atoms with Gasteiger partial charge in [-0.15, -0.1) is 0 Å². The second-order valence-electron chi connectivity index (χ2n) is 5.53. The van der Waals surface area contributed by atoms with E-state index in [1.54, 1.807) is 7.05 Å². The first-order valence-electron chi connectivity index (χ1n) is 7.44. The van der Waals surface area contributed by atoms with Crippen molar-refractivity contribution in [1.29, 1.82) is 0 Å². The van der Waals surface area contributed by atoms with Crippen molar-refractivity contribution in [3.05, 3.63) is 0 Å². The van der Waals surface area contributed by atoms with E-state index in [4.69, 9.17) is 5.11 Å². The van der Waals surface area contributed by atoms with Crippen LogP contribution in [-0.4, -0.2) is 54.6 Å². The van der Waals surface area contributed by atoms with Crippen molar-refractivity contribution < 1.29 is 19.5 Å². The molecule has 2 atom stereocenters. The molecule has 1 saturated carbocycles. The molecule has 7 heteroatoms. The second kappa shape index (κ2) is 8.49. The molecule has 0 spiro atoms. The summed E-state index contributed by atoms with van der Waals surface area (Å²) in [4.78, 5) is 35.7. The van der Waals surface area contributed by atoms with Crippen LogP contribution in [0.2, 0.25) is 0 Å². The Kier molecular flexibility index (Phi) is 6.98. The number of likely N-dealkylation sites (N-methyl/N-ethyl adjacent to an activating group) is 1. The molecule has 0 aromatic heterocycles. The largest absolute Gasteiger partial charge is 0.481 e. The van der Waals surface area contributed by atoms with Gasteiger partial charge in [-0.3, -0.25) is 9.59 Å². The number of rotatable bonds is 7. The highest BCUT2D eigenvalue weighted by molar-refractivity contribution is 5.83. The lowest BCUT2D eigenvalue weighted by Gasteiger charge is -2.21. The molecule has 3 N–H and O–H groups in total. The number of nitrogens with one attached hydrogen (secondary N) is 2. The number of amides is 3. The lowest BCUT2D eigenvalue weighted by molar-refractivity contribution is -0.142. The third-order valence-corrected chi connectivity index (χ3v) is 3.79. The fraction of sp³-hybridized carbons (Fsp3) is 0.786. The lowest BCUT2D eigenvalue weighted by Crippen LogP contribution is -2.45. The minimum Gasteiger partial charge on any atom is -0.481 e. The van der Waals surface area contributed by atoms with Gasteiger partial charge in [-0.1, -0.05) is 13.3 Å². The van der Waals surface area contributed by atoms with Crippen molar-refractivity contribution in [1.82, 2.24) is 15.5 Å². The number of nitrogens with zero attached hydrogens (tertiary/aromatic N) is 1. The number of carbonyl (C=O) groups excluding carboxylic acids is 2. The van der Waals surface area contributed by atoms with Crippen LogP contribution in [-0.2, 0) is 9.59 Å². The summed E-state index contributed by atoms with van der Waals surface area (Å²) in [6.07, 6.45) is 3.22. The standard InChI is InChI=1S/C14H25N3O4/c1-3-7-15-12(18)9-17(2)14(21)16-8-10-5-4-6-11(10)13(19)20/h10-11H,3-9H2,1-2H3,(H,15,18)(H,16,21)(H,19,20). The maximum Gasteiger partial charge on any atom is 0.317 e. The summed E-state index contributed by atoms with van der Waals surface area (Å²) in [6.45, 7) is 2.89. The van der Waals surface area contributed by atoms with E-state index < -0.39 is 5.97 Å². The van der Waals surface area contributed by atoms with Gasteiger partial charge in [0.05, 0.1) is 5.92 Å². The second-order valence-corrected chi connectivity index (χ2v) is 5.53. The van der Waals surface area contributed by atoms with E-state index in [0.29, 0.717) is 19.5 Å². The Labute approximate surface area is 125 Å². The van der Waals surface area contributed by atoms with Crippen LogP contribution in [0.25, 0.3) is 0 Å². The van der Waals surface area contributed by atoms with E-state index >= 15 is 0 Å². The van der Waals surface area contributed by atoms with Crippen molar-refractivity contribution in [2.24, 2.45) is 11.8 Å². The summed E-state index contributed by atoms with van der Waals surface area (Å²) in [5.74, 6) is -1.38. The van der Waals surface area contributed by atoms with Crippen molar-refractivity contribution in [3.8, 4) is 0 Å². The SMILES string of the molecule is CCCNC(=O)CN(C)C(=O)NCC1CCCC1C(=O)O. The average Bonchev–Trinajstić information content (AvgIpc) is 2.90. The maximum atomic E-state index is 11.9. The molecule has 3 amide bonds. The van der Waals surface area contributed by atoms with Gasteiger partial charge in [0.25, 0.3) is 0 Å². The number of carboxylic acid groups (broad SMARTS) is 1. The Morgan fingerprint density at radius 3 is 2.57 bits per heavy atom.